The van der Waals surface area contributed by atoms with Crippen LogP contribution >= 0.6 is 0 Å². The number of rotatable bonds is 6. The molecule has 4 heteroatoms. The molecule has 0 unspecified atom stereocenters. The number of methoxy groups -OCH3 is 1. The Morgan fingerprint density at radius 3 is 2.75 bits per heavy atom. The van der Waals surface area contributed by atoms with E-state index in [0.717, 1.165) is 6.54 Å². The van der Waals surface area contributed by atoms with Crippen molar-refractivity contribution in [3.63, 3.8) is 0 Å². The highest BCUT2D eigenvalue weighted by Gasteiger charge is 2.17. The maximum absolute atomic E-state index is 5.17. The first-order chi connectivity index (χ1) is 7.46. The zero-order valence-corrected chi connectivity index (χ0v) is 10.9. The van der Waals surface area contributed by atoms with Crippen molar-refractivity contribution in [2.45, 2.75) is 45.8 Å². The van der Waals surface area contributed by atoms with Gasteiger partial charge in [0.1, 0.15) is 0 Å². The molecule has 16 heavy (non-hydrogen) atoms. The monoisotopic (exact) mass is 225 g/mol. The van der Waals surface area contributed by atoms with E-state index in [0.29, 0.717) is 12.6 Å². The molecule has 1 aromatic rings. The quantitative estimate of drug-likeness (QED) is 0.804. The third-order valence-electron chi connectivity index (χ3n) is 2.56. The van der Waals surface area contributed by atoms with Crippen molar-refractivity contribution in [2.75, 3.05) is 13.7 Å². The fourth-order valence-corrected chi connectivity index (χ4v) is 1.68. The van der Waals surface area contributed by atoms with Crippen molar-refractivity contribution < 1.29 is 4.74 Å². The van der Waals surface area contributed by atoms with E-state index in [1.165, 1.54) is 5.69 Å². The molecule has 0 saturated heterocycles. The number of imidazole rings is 1. The van der Waals surface area contributed by atoms with E-state index in [4.69, 9.17) is 4.74 Å². The van der Waals surface area contributed by atoms with Crippen molar-refractivity contribution in [3.05, 3.63) is 18.2 Å². The van der Waals surface area contributed by atoms with Gasteiger partial charge in [-0.15, -0.1) is 0 Å². The average Bonchev–Trinajstić information content (AvgIpc) is 2.62. The Hall–Kier alpha value is -0.870. The average molecular weight is 225 g/mol. The van der Waals surface area contributed by atoms with Crippen LogP contribution in [0.1, 0.15) is 39.4 Å². The third-order valence-corrected chi connectivity index (χ3v) is 2.56. The summed E-state index contributed by atoms with van der Waals surface area (Å²) >= 11 is 0. The molecule has 0 radical (unpaired) electrons. The predicted molar refractivity (Wildman–Crippen MR) is 65.4 cm³/mol. The standard InChI is InChI=1S/C12H23N3O/c1-10(2)15-9-13-6-11(15)7-14-12(3,4)8-16-5/h6,9-10,14H,7-8H2,1-5H3. The van der Waals surface area contributed by atoms with Crippen LogP contribution in [0.3, 0.4) is 0 Å². The normalized spacial score (nSPS) is 12.4. The second kappa shape index (κ2) is 5.46. The molecule has 0 atom stereocenters. The van der Waals surface area contributed by atoms with Crippen LogP contribution in [-0.2, 0) is 11.3 Å². The smallest absolute Gasteiger partial charge is 0.0951 e. The van der Waals surface area contributed by atoms with Gasteiger partial charge in [-0.2, -0.15) is 0 Å². The largest absolute Gasteiger partial charge is 0.383 e. The molecule has 1 rings (SSSR count). The highest BCUT2D eigenvalue weighted by Crippen LogP contribution is 2.10. The molecule has 0 spiro atoms. The van der Waals surface area contributed by atoms with Crippen molar-refractivity contribution in [3.8, 4) is 0 Å². The Morgan fingerprint density at radius 2 is 2.19 bits per heavy atom. The zero-order chi connectivity index (χ0) is 12.2. The van der Waals surface area contributed by atoms with Crippen LogP contribution in [0.15, 0.2) is 12.5 Å². The SMILES string of the molecule is COCC(C)(C)NCc1cncn1C(C)C. The van der Waals surface area contributed by atoms with E-state index in [9.17, 15) is 0 Å². The van der Waals surface area contributed by atoms with E-state index in [1.807, 2.05) is 12.5 Å². The lowest BCUT2D eigenvalue weighted by molar-refractivity contribution is 0.127. The molecule has 0 aliphatic heterocycles. The maximum Gasteiger partial charge on any atom is 0.0951 e. The Bertz CT molecular complexity index is 318. The molecule has 0 aliphatic rings. The highest BCUT2D eigenvalue weighted by molar-refractivity contribution is 5.00. The second-order valence-electron chi connectivity index (χ2n) is 5.06. The minimum absolute atomic E-state index is 0.0131. The summed E-state index contributed by atoms with van der Waals surface area (Å²) in [4.78, 5) is 4.18. The number of nitrogens with one attached hydrogen (secondary N) is 1. The van der Waals surface area contributed by atoms with Crippen molar-refractivity contribution >= 4 is 0 Å². The Kier molecular flexibility index (Phi) is 4.50. The summed E-state index contributed by atoms with van der Waals surface area (Å²) < 4.78 is 7.35. The van der Waals surface area contributed by atoms with E-state index in [1.54, 1.807) is 7.11 Å². The van der Waals surface area contributed by atoms with Gasteiger partial charge < -0.3 is 14.6 Å². The van der Waals surface area contributed by atoms with Crippen LogP contribution in [0.25, 0.3) is 0 Å². The summed E-state index contributed by atoms with van der Waals surface area (Å²) in [5, 5.41) is 3.47. The second-order valence-corrected chi connectivity index (χ2v) is 5.06. The van der Waals surface area contributed by atoms with Crippen molar-refractivity contribution in [2.24, 2.45) is 0 Å². The molecule has 0 aromatic carbocycles. The number of hydrogen-bond donors (Lipinski definition) is 1. The summed E-state index contributed by atoms with van der Waals surface area (Å²) in [6.45, 7) is 10.1. The summed E-state index contributed by atoms with van der Waals surface area (Å²) in [6.07, 6.45) is 3.79. The molecule has 0 fully saturated rings. The van der Waals surface area contributed by atoms with Crippen LogP contribution in [0.4, 0.5) is 0 Å². The van der Waals surface area contributed by atoms with Crippen LogP contribution < -0.4 is 5.32 Å². The summed E-state index contributed by atoms with van der Waals surface area (Å²) in [5.74, 6) is 0. The van der Waals surface area contributed by atoms with Gasteiger partial charge in [-0.05, 0) is 27.7 Å². The maximum atomic E-state index is 5.17. The Labute approximate surface area is 98.0 Å². The van der Waals surface area contributed by atoms with Gasteiger partial charge in [-0.25, -0.2) is 4.98 Å². The molecule has 92 valence electrons. The fraction of sp³-hybridized carbons (Fsp3) is 0.750. The Balaban J connectivity index is 2.57. The fourth-order valence-electron chi connectivity index (χ4n) is 1.68. The lowest BCUT2D eigenvalue weighted by Gasteiger charge is -2.25. The zero-order valence-electron chi connectivity index (χ0n) is 10.9. The van der Waals surface area contributed by atoms with E-state index in [2.05, 4.69) is 42.6 Å². The summed E-state index contributed by atoms with van der Waals surface area (Å²) in [5.41, 5.74) is 1.19. The molecule has 1 aromatic heterocycles. The number of ether oxygens (including phenoxy) is 1. The van der Waals surface area contributed by atoms with Gasteiger partial charge in [-0.3, -0.25) is 0 Å². The van der Waals surface area contributed by atoms with E-state index < -0.39 is 0 Å². The number of hydrogen-bond acceptors (Lipinski definition) is 3. The topological polar surface area (TPSA) is 39.1 Å². The molecular weight excluding hydrogens is 202 g/mol. The number of aromatic nitrogens is 2. The first-order valence-electron chi connectivity index (χ1n) is 5.71. The van der Waals surface area contributed by atoms with E-state index in [-0.39, 0.29) is 5.54 Å². The summed E-state index contributed by atoms with van der Waals surface area (Å²) in [6, 6.07) is 0.449. The lowest BCUT2D eigenvalue weighted by Crippen LogP contribution is -2.43. The van der Waals surface area contributed by atoms with Crippen molar-refractivity contribution in [1.82, 2.24) is 14.9 Å². The molecular formula is C12H23N3O. The van der Waals surface area contributed by atoms with Gasteiger partial charge in [0.25, 0.3) is 0 Å². The van der Waals surface area contributed by atoms with Crippen LogP contribution in [0.2, 0.25) is 0 Å². The van der Waals surface area contributed by atoms with Gasteiger partial charge in [0, 0.05) is 31.4 Å². The third kappa shape index (κ3) is 3.61. The van der Waals surface area contributed by atoms with E-state index >= 15 is 0 Å². The first kappa shape index (κ1) is 13.2. The van der Waals surface area contributed by atoms with Gasteiger partial charge >= 0.3 is 0 Å². The van der Waals surface area contributed by atoms with Crippen LogP contribution in [-0.4, -0.2) is 28.8 Å². The molecule has 1 N–H and O–H groups in total. The van der Waals surface area contributed by atoms with Gasteiger partial charge in [-0.1, -0.05) is 0 Å². The van der Waals surface area contributed by atoms with Crippen molar-refractivity contribution in [1.29, 1.82) is 0 Å². The van der Waals surface area contributed by atoms with Gasteiger partial charge in [0.2, 0.25) is 0 Å². The van der Waals surface area contributed by atoms with Gasteiger partial charge in [0.05, 0.1) is 18.6 Å². The minimum Gasteiger partial charge on any atom is -0.383 e. The Morgan fingerprint density at radius 1 is 1.50 bits per heavy atom. The molecule has 4 nitrogen and oxygen atoms in total. The molecule has 0 amide bonds. The van der Waals surface area contributed by atoms with Gasteiger partial charge in [0.15, 0.2) is 0 Å². The molecule has 0 bridgehead atoms. The molecule has 0 saturated carbocycles. The highest BCUT2D eigenvalue weighted by atomic mass is 16.5. The van der Waals surface area contributed by atoms with Crippen LogP contribution in [0.5, 0.6) is 0 Å². The minimum atomic E-state index is -0.0131. The predicted octanol–water partition coefficient (Wildman–Crippen LogP) is 1.98. The van der Waals surface area contributed by atoms with Crippen LogP contribution in [0, 0.1) is 0 Å². The lowest BCUT2D eigenvalue weighted by atomic mass is 10.1. The molecule has 0 aliphatic carbocycles. The number of nitrogens with zero attached hydrogens (tertiary/aromatic N) is 2. The summed E-state index contributed by atoms with van der Waals surface area (Å²) in [7, 11) is 1.72. The first-order valence-corrected chi connectivity index (χ1v) is 5.71. The molecule has 1 heterocycles.